The number of nitrogens with zero attached hydrogens (tertiary/aromatic N) is 2. The summed E-state index contributed by atoms with van der Waals surface area (Å²) in [6.45, 7) is 5.38. The minimum absolute atomic E-state index is 0.0853. The molecule has 1 aliphatic rings. The average molecular weight is 377 g/mol. The maximum atomic E-state index is 6.05. The van der Waals surface area contributed by atoms with Crippen LogP contribution >= 0.6 is 0 Å². The van der Waals surface area contributed by atoms with Gasteiger partial charge in [-0.1, -0.05) is 42.5 Å². The molecule has 0 saturated carbocycles. The molecule has 4 rings (SSSR count). The number of morpholine rings is 1. The van der Waals surface area contributed by atoms with Gasteiger partial charge in [0.25, 0.3) is 0 Å². The summed E-state index contributed by atoms with van der Waals surface area (Å²) in [6, 6.07) is 16.9. The highest BCUT2D eigenvalue weighted by Crippen LogP contribution is 2.25. The van der Waals surface area contributed by atoms with Gasteiger partial charge in [-0.25, -0.2) is 0 Å². The maximum Gasteiger partial charge on any atom is 0.193 e. The lowest BCUT2D eigenvalue weighted by atomic mass is 10.0. The summed E-state index contributed by atoms with van der Waals surface area (Å²) in [4.78, 5) is 10.2. The molecule has 2 heterocycles. The Hall–Kier alpha value is -2.79. The molecule has 3 aromatic rings. The molecule has 5 heteroatoms. The number of hydrogen-bond donors (Lipinski definition) is 2. The Morgan fingerprint density at radius 2 is 2.04 bits per heavy atom. The second-order valence-electron chi connectivity index (χ2n) is 7.25. The van der Waals surface area contributed by atoms with Crippen molar-refractivity contribution in [3.8, 4) is 0 Å². The molecule has 0 radical (unpaired) electrons. The molecule has 2 N–H and O–H groups in total. The van der Waals surface area contributed by atoms with Crippen LogP contribution in [0.5, 0.6) is 0 Å². The molecule has 0 bridgehead atoms. The molecule has 1 aliphatic heterocycles. The van der Waals surface area contributed by atoms with E-state index in [1.54, 1.807) is 0 Å². The molecular formula is C23H28N4O. The summed E-state index contributed by atoms with van der Waals surface area (Å²) >= 11 is 0. The van der Waals surface area contributed by atoms with Crippen molar-refractivity contribution < 1.29 is 4.74 Å². The molecule has 28 heavy (non-hydrogen) atoms. The predicted molar refractivity (Wildman–Crippen MR) is 115 cm³/mol. The number of aromatic nitrogens is 1. The predicted octanol–water partition coefficient (Wildman–Crippen LogP) is 3.67. The largest absolute Gasteiger partial charge is 0.370 e. The Morgan fingerprint density at radius 3 is 2.89 bits per heavy atom. The van der Waals surface area contributed by atoms with Crippen LogP contribution in [0.4, 0.5) is 0 Å². The monoisotopic (exact) mass is 376 g/mol. The van der Waals surface area contributed by atoms with Crippen molar-refractivity contribution in [3.05, 3.63) is 71.4 Å². The van der Waals surface area contributed by atoms with Gasteiger partial charge in [0, 0.05) is 37.2 Å². The first kappa shape index (κ1) is 18.6. The molecule has 1 atom stereocenters. The van der Waals surface area contributed by atoms with Crippen LogP contribution in [-0.4, -0.2) is 49.1 Å². The molecule has 1 unspecified atom stereocenters. The number of H-pyrrole nitrogens is 1. The van der Waals surface area contributed by atoms with Crippen LogP contribution in [0.3, 0.4) is 0 Å². The Morgan fingerprint density at radius 1 is 1.21 bits per heavy atom. The van der Waals surface area contributed by atoms with Crippen LogP contribution in [0.2, 0.25) is 0 Å². The van der Waals surface area contributed by atoms with Crippen molar-refractivity contribution >= 4 is 16.9 Å². The van der Waals surface area contributed by atoms with Crippen molar-refractivity contribution in [2.24, 2.45) is 4.99 Å². The number of para-hydroxylation sites is 1. The average Bonchev–Trinajstić information content (AvgIpc) is 3.15. The number of fused-ring (bicyclic) bond motifs is 1. The fraction of sp³-hybridized carbons (Fsp3) is 0.348. The molecule has 0 amide bonds. The summed E-state index contributed by atoms with van der Waals surface area (Å²) in [5, 5.41) is 4.83. The molecular weight excluding hydrogens is 348 g/mol. The highest BCUT2D eigenvalue weighted by Gasteiger charge is 2.25. The van der Waals surface area contributed by atoms with Gasteiger partial charge in [-0.3, -0.25) is 4.99 Å². The first-order valence-corrected chi connectivity index (χ1v) is 9.94. The van der Waals surface area contributed by atoms with Gasteiger partial charge >= 0.3 is 0 Å². The molecule has 5 nitrogen and oxygen atoms in total. The molecule has 146 valence electrons. The van der Waals surface area contributed by atoms with Gasteiger partial charge in [-0.2, -0.15) is 0 Å². The van der Waals surface area contributed by atoms with E-state index < -0.39 is 0 Å². The van der Waals surface area contributed by atoms with E-state index in [1.165, 1.54) is 27.6 Å². The highest BCUT2D eigenvalue weighted by atomic mass is 16.5. The topological polar surface area (TPSA) is 52.7 Å². The lowest BCUT2D eigenvalue weighted by Gasteiger charge is -2.35. The summed E-state index contributed by atoms with van der Waals surface area (Å²) in [5.41, 5.74) is 5.06. The third kappa shape index (κ3) is 3.90. The van der Waals surface area contributed by atoms with Crippen molar-refractivity contribution in [1.29, 1.82) is 0 Å². The van der Waals surface area contributed by atoms with E-state index in [9.17, 15) is 0 Å². The zero-order valence-electron chi connectivity index (χ0n) is 16.6. The number of rotatable bonds is 4. The second-order valence-corrected chi connectivity index (χ2v) is 7.25. The molecule has 1 aromatic heterocycles. The number of nitrogens with one attached hydrogen (secondary N) is 2. The summed E-state index contributed by atoms with van der Waals surface area (Å²) in [7, 11) is 1.85. The molecule has 0 spiro atoms. The van der Waals surface area contributed by atoms with Gasteiger partial charge in [0.05, 0.1) is 13.2 Å². The number of aryl methyl sites for hydroxylation is 1. The van der Waals surface area contributed by atoms with Crippen LogP contribution < -0.4 is 5.32 Å². The van der Waals surface area contributed by atoms with Gasteiger partial charge in [0.2, 0.25) is 0 Å². The molecule has 1 saturated heterocycles. The number of aromatic amines is 1. The standard InChI is InChI=1S/C23H28N4O/c1-17-7-3-4-8-19(17)22-16-27(13-14-28-22)23(24-2)25-12-11-18-15-26-21-10-6-5-9-20(18)21/h3-10,15,22,26H,11-14,16H2,1-2H3,(H,24,25). The summed E-state index contributed by atoms with van der Waals surface area (Å²) in [6.07, 6.45) is 3.15. The van der Waals surface area contributed by atoms with Gasteiger partial charge in [0.1, 0.15) is 6.10 Å². The van der Waals surface area contributed by atoms with Crippen LogP contribution in [0.25, 0.3) is 10.9 Å². The normalized spacial score (nSPS) is 17.9. The Kier molecular flexibility index (Phi) is 5.63. The lowest BCUT2D eigenvalue weighted by Crippen LogP contribution is -2.48. The second kappa shape index (κ2) is 8.48. The molecule has 1 fully saturated rings. The van der Waals surface area contributed by atoms with Gasteiger partial charge in [-0.05, 0) is 36.1 Å². The van der Waals surface area contributed by atoms with E-state index in [0.717, 1.165) is 32.0 Å². The van der Waals surface area contributed by atoms with Crippen molar-refractivity contribution in [3.63, 3.8) is 0 Å². The first-order valence-electron chi connectivity index (χ1n) is 9.94. The SMILES string of the molecule is CN=C(NCCc1c[nH]c2ccccc12)N1CCOC(c2ccccc2C)C1. The van der Waals surface area contributed by atoms with Crippen LogP contribution in [0, 0.1) is 6.92 Å². The number of guanidine groups is 1. The minimum atomic E-state index is 0.0853. The maximum absolute atomic E-state index is 6.05. The number of hydrogen-bond acceptors (Lipinski definition) is 2. The van der Waals surface area contributed by atoms with E-state index >= 15 is 0 Å². The highest BCUT2D eigenvalue weighted by molar-refractivity contribution is 5.83. The van der Waals surface area contributed by atoms with Crippen LogP contribution in [0.1, 0.15) is 22.8 Å². The zero-order valence-corrected chi connectivity index (χ0v) is 16.6. The third-order valence-electron chi connectivity index (χ3n) is 5.47. The Bertz CT molecular complexity index is 962. The number of aliphatic imine (C=N–C) groups is 1. The van der Waals surface area contributed by atoms with Crippen LogP contribution in [0.15, 0.2) is 59.7 Å². The van der Waals surface area contributed by atoms with Crippen LogP contribution in [-0.2, 0) is 11.2 Å². The summed E-state index contributed by atoms with van der Waals surface area (Å²) in [5.74, 6) is 0.946. The van der Waals surface area contributed by atoms with E-state index in [4.69, 9.17) is 4.74 Å². The third-order valence-corrected chi connectivity index (χ3v) is 5.47. The smallest absolute Gasteiger partial charge is 0.193 e. The number of ether oxygens (including phenoxy) is 1. The Labute approximate surface area is 166 Å². The minimum Gasteiger partial charge on any atom is -0.370 e. The zero-order chi connectivity index (χ0) is 19.3. The van der Waals surface area contributed by atoms with E-state index in [1.807, 2.05) is 7.05 Å². The van der Waals surface area contributed by atoms with E-state index in [0.29, 0.717) is 6.61 Å². The molecule has 2 aromatic carbocycles. The van der Waals surface area contributed by atoms with Crippen molar-refractivity contribution in [2.75, 3.05) is 33.3 Å². The summed E-state index contributed by atoms with van der Waals surface area (Å²) < 4.78 is 6.05. The number of benzene rings is 2. The van der Waals surface area contributed by atoms with Gasteiger partial charge in [0.15, 0.2) is 5.96 Å². The van der Waals surface area contributed by atoms with E-state index in [2.05, 4.69) is 81.8 Å². The lowest BCUT2D eigenvalue weighted by molar-refractivity contribution is -0.00829. The van der Waals surface area contributed by atoms with Crippen molar-refractivity contribution in [2.45, 2.75) is 19.4 Å². The van der Waals surface area contributed by atoms with Gasteiger partial charge < -0.3 is 19.9 Å². The fourth-order valence-electron chi connectivity index (χ4n) is 3.96. The van der Waals surface area contributed by atoms with Crippen molar-refractivity contribution in [1.82, 2.24) is 15.2 Å². The Balaban J connectivity index is 1.38. The fourth-order valence-corrected chi connectivity index (χ4v) is 3.96. The first-order chi connectivity index (χ1) is 13.8. The van der Waals surface area contributed by atoms with E-state index in [-0.39, 0.29) is 6.10 Å². The molecule has 0 aliphatic carbocycles. The van der Waals surface area contributed by atoms with Gasteiger partial charge in [-0.15, -0.1) is 0 Å². The quantitative estimate of drug-likeness (QED) is 0.540.